The van der Waals surface area contributed by atoms with Crippen LogP contribution in [0.4, 0.5) is 10.1 Å². The number of halogens is 2. The zero-order valence-electron chi connectivity index (χ0n) is 10.5. The van der Waals surface area contributed by atoms with Crippen LogP contribution in [-0.2, 0) is 12.8 Å². The number of aromatic nitrogens is 2. The second-order valence-corrected chi connectivity index (χ2v) is 5.09. The molecule has 3 rings (SSSR count). The second kappa shape index (κ2) is 4.86. The fourth-order valence-corrected chi connectivity index (χ4v) is 2.78. The van der Waals surface area contributed by atoms with E-state index < -0.39 is 10.7 Å². The highest BCUT2D eigenvalue weighted by Gasteiger charge is 2.22. The molecule has 0 saturated carbocycles. The molecule has 5 nitrogen and oxygen atoms in total. The Labute approximate surface area is 119 Å². The lowest BCUT2D eigenvalue weighted by atomic mass is 9.99. The van der Waals surface area contributed by atoms with Gasteiger partial charge in [-0.3, -0.25) is 10.1 Å². The van der Waals surface area contributed by atoms with Crippen molar-refractivity contribution in [3.8, 4) is 5.69 Å². The molecule has 104 valence electrons. The van der Waals surface area contributed by atoms with Crippen LogP contribution in [0.1, 0.15) is 24.1 Å². The molecule has 1 heterocycles. The minimum atomic E-state index is -0.586. The summed E-state index contributed by atoms with van der Waals surface area (Å²) in [5.41, 5.74) is 1.60. The molecular formula is C13H11ClFN3O2. The average Bonchev–Trinajstić information content (AvgIpc) is 2.77. The molecule has 7 heteroatoms. The highest BCUT2D eigenvalue weighted by atomic mass is 35.5. The van der Waals surface area contributed by atoms with Gasteiger partial charge in [0.15, 0.2) is 0 Å². The monoisotopic (exact) mass is 295 g/mol. The lowest BCUT2D eigenvalue weighted by molar-refractivity contribution is -0.384. The third-order valence-electron chi connectivity index (χ3n) is 3.46. The molecule has 0 saturated heterocycles. The fourth-order valence-electron chi connectivity index (χ4n) is 2.45. The number of fused-ring (bicyclic) bond motifs is 1. The van der Waals surface area contributed by atoms with Crippen molar-refractivity contribution < 1.29 is 9.31 Å². The summed E-state index contributed by atoms with van der Waals surface area (Å²) in [6.45, 7) is 0. The first-order valence-corrected chi connectivity index (χ1v) is 6.66. The third-order valence-corrected chi connectivity index (χ3v) is 3.85. The first-order valence-electron chi connectivity index (χ1n) is 6.28. The van der Waals surface area contributed by atoms with E-state index in [0.29, 0.717) is 5.15 Å². The van der Waals surface area contributed by atoms with Crippen LogP contribution in [-0.4, -0.2) is 14.7 Å². The summed E-state index contributed by atoms with van der Waals surface area (Å²) < 4.78 is 15.2. The minimum absolute atomic E-state index is 0.0126. The van der Waals surface area contributed by atoms with Crippen LogP contribution >= 0.6 is 11.6 Å². The first-order chi connectivity index (χ1) is 9.58. The molecule has 0 N–H and O–H groups in total. The van der Waals surface area contributed by atoms with Crippen molar-refractivity contribution in [1.82, 2.24) is 9.78 Å². The number of hydrogen-bond donors (Lipinski definition) is 0. The van der Waals surface area contributed by atoms with Gasteiger partial charge in [0.1, 0.15) is 16.7 Å². The van der Waals surface area contributed by atoms with Crippen molar-refractivity contribution >= 4 is 17.3 Å². The summed E-state index contributed by atoms with van der Waals surface area (Å²) in [5.74, 6) is -0.586. The van der Waals surface area contributed by atoms with Crippen molar-refractivity contribution in [3.05, 3.63) is 50.5 Å². The summed E-state index contributed by atoms with van der Waals surface area (Å²) in [6.07, 6.45) is 3.66. The van der Waals surface area contributed by atoms with Gasteiger partial charge in [-0.15, -0.1) is 0 Å². The number of nitro groups is 1. The fraction of sp³-hybridized carbons (Fsp3) is 0.308. The van der Waals surface area contributed by atoms with Crippen LogP contribution in [0.25, 0.3) is 5.69 Å². The van der Waals surface area contributed by atoms with Crippen molar-refractivity contribution in [2.45, 2.75) is 25.7 Å². The van der Waals surface area contributed by atoms with Gasteiger partial charge >= 0.3 is 0 Å². The molecule has 1 aromatic carbocycles. The molecule has 0 unspecified atom stereocenters. The maximum atomic E-state index is 13.9. The largest absolute Gasteiger partial charge is 0.271 e. The molecule has 0 bridgehead atoms. The van der Waals surface area contributed by atoms with E-state index in [1.165, 1.54) is 4.68 Å². The van der Waals surface area contributed by atoms with E-state index in [4.69, 9.17) is 11.6 Å². The maximum absolute atomic E-state index is 13.9. The number of nitro benzene ring substituents is 1. The topological polar surface area (TPSA) is 61.0 Å². The first kappa shape index (κ1) is 13.1. The Morgan fingerprint density at radius 1 is 1.35 bits per heavy atom. The van der Waals surface area contributed by atoms with Gasteiger partial charge in [-0.2, -0.15) is 5.10 Å². The number of non-ortho nitro benzene ring substituents is 1. The highest BCUT2D eigenvalue weighted by Crippen LogP contribution is 2.31. The zero-order valence-corrected chi connectivity index (χ0v) is 11.2. The van der Waals surface area contributed by atoms with Crippen LogP contribution in [0, 0.1) is 15.9 Å². The predicted molar refractivity (Wildman–Crippen MR) is 71.8 cm³/mol. The lowest BCUT2D eigenvalue weighted by Crippen LogP contribution is -2.02. The average molecular weight is 296 g/mol. The Balaban J connectivity index is 2.16. The van der Waals surface area contributed by atoms with Crippen LogP contribution in [0.15, 0.2) is 18.2 Å². The zero-order chi connectivity index (χ0) is 14.3. The molecule has 20 heavy (non-hydrogen) atoms. The number of rotatable bonds is 2. The molecule has 0 fully saturated rings. The molecule has 0 aliphatic heterocycles. The van der Waals surface area contributed by atoms with Gasteiger partial charge in [0.2, 0.25) is 0 Å². The van der Waals surface area contributed by atoms with E-state index in [0.717, 1.165) is 55.1 Å². The van der Waals surface area contributed by atoms with Crippen LogP contribution in [0.5, 0.6) is 0 Å². The quantitative estimate of drug-likeness (QED) is 0.630. The number of aryl methyl sites for hydroxylation is 1. The number of hydrogen-bond acceptors (Lipinski definition) is 3. The maximum Gasteiger partial charge on any atom is 0.271 e. The summed E-state index contributed by atoms with van der Waals surface area (Å²) in [6, 6.07) is 3.33. The van der Waals surface area contributed by atoms with Gasteiger partial charge in [0.05, 0.1) is 10.6 Å². The predicted octanol–water partition coefficient (Wildman–Crippen LogP) is 3.45. The molecule has 2 aromatic rings. The third kappa shape index (κ3) is 2.06. The van der Waals surface area contributed by atoms with Crippen molar-refractivity contribution in [2.24, 2.45) is 0 Å². The number of nitrogens with zero attached hydrogens (tertiary/aromatic N) is 3. The van der Waals surface area contributed by atoms with Gasteiger partial charge in [0.25, 0.3) is 5.69 Å². The smallest absolute Gasteiger partial charge is 0.258 e. The van der Waals surface area contributed by atoms with E-state index in [-0.39, 0.29) is 11.4 Å². The van der Waals surface area contributed by atoms with Crippen molar-refractivity contribution in [1.29, 1.82) is 0 Å². The Kier molecular flexibility index (Phi) is 3.17. The van der Waals surface area contributed by atoms with E-state index in [9.17, 15) is 14.5 Å². The minimum Gasteiger partial charge on any atom is -0.258 e. The lowest BCUT2D eigenvalue weighted by Gasteiger charge is -2.08. The highest BCUT2D eigenvalue weighted by molar-refractivity contribution is 6.30. The van der Waals surface area contributed by atoms with E-state index in [1.54, 1.807) is 0 Å². The summed E-state index contributed by atoms with van der Waals surface area (Å²) in [7, 11) is 0. The van der Waals surface area contributed by atoms with Crippen molar-refractivity contribution in [3.63, 3.8) is 0 Å². The van der Waals surface area contributed by atoms with Gasteiger partial charge in [0, 0.05) is 17.7 Å². The van der Waals surface area contributed by atoms with E-state index >= 15 is 0 Å². The van der Waals surface area contributed by atoms with Crippen LogP contribution < -0.4 is 0 Å². The van der Waals surface area contributed by atoms with Gasteiger partial charge in [-0.05, 0) is 31.7 Å². The van der Waals surface area contributed by atoms with Gasteiger partial charge < -0.3 is 0 Å². The van der Waals surface area contributed by atoms with Crippen LogP contribution in [0.2, 0.25) is 5.15 Å². The number of benzene rings is 1. The van der Waals surface area contributed by atoms with Gasteiger partial charge in [-0.1, -0.05) is 11.6 Å². The van der Waals surface area contributed by atoms with Crippen molar-refractivity contribution in [2.75, 3.05) is 0 Å². The standard InChI is InChI=1S/C13H11ClFN3O2/c14-13-9-3-1-2-4-11(9)16-17(13)12-7-8(18(19)20)5-6-10(12)15/h5-7H,1-4H2. The summed E-state index contributed by atoms with van der Waals surface area (Å²) in [5, 5.41) is 15.4. The SMILES string of the molecule is O=[N+]([O-])c1ccc(F)c(-n2nc3c(c2Cl)CCCC3)c1. The van der Waals surface area contributed by atoms with Gasteiger partial charge in [-0.25, -0.2) is 9.07 Å². The molecule has 1 aliphatic carbocycles. The molecule has 0 atom stereocenters. The molecule has 1 aliphatic rings. The summed E-state index contributed by atoms with van der Waals surface area (Å²) >= 11 is 6.24. The molecule has 0 spiro atoms. The van der Waals surface area contributed by atoms with E-state index in [1.807, 2.05) is 0 Å². The van der Waals surface area contributed by atoms with Crippen LogP contribution in [0.3, 0.4) is 0 Å². The molecule has 0 radical (unpaired) electrons. The molecular weight excluding hydrogens is 285 g/mol. The Morgan fingerprint density at radius 3 is 2.80 bits per heavy atom. The second-order valence-electron chi connectivity index (χ2n) is 4.73. The Bertz CT molecular complexity index is 699. The summed E-state index contributed by atoms with van der Waals surface area (Å²) in [4.78, 5) is 10.2. The normalized spacial score (nSPS) is 14.1. The Hall–Kier alpha value is -1.95. The van der Waals surface area contributed by atoms with E-state index in [2.05, 4.69) is 5.10 Å². The molecule has 0 amide bonds. The Morgan fingerprint density at radius 2 is 2.10 bits per heavy atom. The molecule has 1 aromatic heterocycles.